The van der Waals surface area contributed by atoms with Gasteiger partial charge in [-0.2, -0.15) is 0 Å². The Labute approximate surface area is 127 Å². The molecule has 0 aliphatic carbocycles. The fourth-order valence-electron chi connectivity index (χ4n) is 1.86. The summed E-state index contributed by atoms with van der Waals surface area (Å²) in [5, 5.41) is 0. The minimum atomic E-state index is -3.65. The minimum absolute atomic E-state index is 0.0342. The maximum absolute atomic E-state index is 13.3. The Morgan fingerprint density at radius 2 is 1.86 bits per heavy atom. The van der Waals surface area contributed by atoms with Crippen LogP contribution in [-0.4, -0.2) is 21.6 Å². The van der Waals surface area contributed by atoms with Gasteiger partial charge in [-0.3, -0.25) is 0 Å². The SMILES string of the molecule is Cc1ccccc1S(=O)(=O)NCCOc1ccc(F)cc1F. The molecule has 0 aromatic heterocycles. The van der Waals surface area contributed by atoms with Crippen LogP contribution in [0.2, 0.25) is 0 Å². The normalized spacial score (nSPS) is 11.4. The first-order chi connectivity index (χ1) is 10.4. The maximum atomic E-state index is 13.3. The zero-order valence-corrected chi connectivity index (χ0v) is 12.7. The van der Waals surface area contributed by atoms with E-state index < -0.39 is 21.7 Å². The summed E-state index contributed by atoms with van der Waals surface area (Å²) >= 11 is 0. The molecule has 4 nitrogen and oxygen atoms in total. The maximum Gasteiger partial charge on any atom is 0.240 e. The molecule has 2 rings (SSSR count). The molecule has 0 radical (unpaired) electrons. The highest BCUT2D eigenvalue weighted by molar-refractivity contribution is 7.89. The van der Waals surface area contributed by atoms with Gasteiger partial charge in [0.1, 0.15) is 12.4 Å². The molecule has 0 aliphatic rings. The molecule has 0 bridgehead atoms. The molecule has 2 aromatic rings. The van der Waals surface area contributed by atoms with Gasteiger partial charge >= 0.3 is 0 Å². The van der Waals surface area contributed by atoms with Gasteiger partial charge in [0.25, 0.3) is 0 Å². The van der Waals surface area contributed by atoms with Crippen molar-refractivity contribution in [2.45, 2.75) is 11.8 Å². The molecule has 0 saturated carbocycles. The molecule has 0 spiro atoms. The Balaban J connectivity index is 1.92. The summed E-state index contributed by atoms with van der Waals surface area (Å²) in [6.07, 6.45) is 0. The summed E-state index contributed by atoms with van der Waals surface area (Å²) in [5.41, 5.74) is 0.625. The van der Waals surface area contributed by atoms with E-state index in [-0.39, 0.29) is 23.8 Å². The third kappa shape index (κ3) is 4.02. The molecule has 0 amide bonds. The van der Waals surface area contributed by atoms with Gasteiger partial charge in [0.2, 0.25) is 10.0 Å². The summed E-state index contributed by atoms with van der Waals surface area (Å²) in [5.74, 6) is -1.66. The fraction of sp³-hybridized carbons (Fsp3) is 0.200. The molecule has 0 aliphatic heterocycles. The molecular formula is C15H15F2NO3S. The number of aryl methyl sites for hydroxylation is 1. The Morgan fingerprint density at radius 1 is 1.14 bits per heavy atom. The third-order valence-corrected chi connectivity index (χ3v) is 4.55. The lowest BCUT2D eigenvalue weighted by molar-refractivity contribution is 0.305. The van der Waals surface area contributed by atoms with E-state index in [2.05, 4.69) is 4.72 Å². The summed E-state index contributed by atoms with van der Waals surface area (Å²) < 4.78 is 57.7. The van der Waals surface area contributed by atoms with Crippen molar-refractivity contribution in [1.29, 1.82) is 0 Å². The number of sulfonamides is 1. The van der Waals surface area contributed by atoms with E-state index in [0.717, 1.165) is 12.1 Å². The van der Waals surface area contributed by atoms with Crippen molar-refractivity contribution in [1.82, 2.24) is 4.72 Å². The second-order valence-corrected chi connectivity index (χ2v) is 6.32. The first-order valence-corrected chi connectivity index (χ1v) is 8.01. The Morgan fingerprint density at radius 3 is 2.55 bits per heavy atom. The second-order valence-electron chi connectivity index (χ2n) is 4.59. The second kappa shape index (κ2) is 6.85. The molecule has 0 saturated heterocycles. The number of hydrogen-bond acceptors (Lipinski definition) is 3. The van der Waals surface area contributed by atoms with Gasteiger partial charge in [0, 0.05) is 12.6 Å². The van der Waals surface area contributed by atoms with Crippen molar-refractivity contribution in [3.05, 3.63) is 59.7 Å². The predicted molar refractivity (Wildman–Crippen MR) is 78.2 cm³/mol. The lowest BCUT2D eigenvalue weighted by atomic mass is 10.2. The Kier molecular flexibility index (Phi) is 5.10. The molecule has 0 fully saturated rings. The molecule has 0 heterocycles. The number of rotatable bonds is 6. The summed E-state index contributed by atoms with van der Waals surface area (Å²) in [6, 6.07) is 9.49. The number of hydrogen-bond donors (Lipinski definition) is 1. The number of ether oxygens (including phenoxy) is 1. The molecular weight excluding hydrogens is 312 g/mol. The van der Waals surface area contributed by atoms with E-state index in [1.165, 1.54) is 6.07 Å². The number of benzene rings is 2. The Bertz CT molecular complexity index is 763. The van der Waals surface area contributed by atoms with Crippen LogP contribution in [0.1, 0.15) is 5.56 Å². The highest BCUT2D eigenvalue weighted by atomic mass is 32.2. The van der Waals surface area contributed by atoms with Crippen LogP contribution >= 0.6 is 0 Å². The zero-order chi connectivity index (χ0) is 16.2. The summed E-state index contributed by atoms with van der Waals surface area (Å²) in [4.78, 5) is 0.183. The third-order valence-electron chi connectivity index (χ3n) is 2.93. The van der Waals surface area contributed by atoms with E-state index in [0.29, 0.717) is 11.6 Å². The lowest BCUT2D eigenvalue weighted by Crippen LogP contribution is -2.28. The average molecular weight is 327 g/mol. The van der Waals surface area contributed by atoms with Gasteiger partial charge in [0.15, 0.2) is 11.6 Å². The van der Waals surface area contributed by atoms with Gasteiger partial charge in [-0.15, -0.1) is 0 Å². The van der Waals surface area contributed by atoms with Crippen molar-refractivity contribution < 1.29 is 21.9 Å². The van der Waals surface area contributed by atoms with Crippen LogP contribution in [0.15, 0.2) is 47.4 Å². The standard InChI is InChI=1S/C15H15F2NO3S/c1-11-4-2-3-5-15(11)22(19,20)18-8-9-21-14-7-6-12(16)10-13(14)17/h2-7,10,18H,8-9H2,1H3. The monoisotopic (exact) mass is 327 g/mol. The van der Waals surface area contributed by atoms with Gasteiger partial charge < -0.3 is 4.74 Å². The highest BCUT2D eigenvalue weighted by Gasteiger charge is 2.15. The molecule has 7 heteroatoms. The molecule has 0 unspecified atom stereocenters. The molecule has 22 heavy (non-hydrogen) atoms. The minimum Gasteiger partial charge on any atom is -0.489 e. The van der Waals surface area contributed by atoms with Crippen molar-refractivity contribution >= 4 is 10.0 Å². The first kappa shape index (κ1) is 16.4. The predicted octanol–water partition coefficient (Wildman–Crippen LogP) is 2.63. The highest BCUT2D eigenvalue weighted by Crippen LogP contribution is 2.17. The van der Waals surface area contributed by atoms with Gasteiger partial charge in [0.05, 0.1) is 4.90 Å². The van der Waals surface area contributed by atoms with Crippen LogP contribution in [0.4, 0.5) is 8.78 Å². The van der Waals surface area contributed by atoms with Crippen molar-refractivity contribution in [3.63, 3.8) is 0 Å². The van der Waals surface area contributed by atoms with Crippen LogP contribution in [0.3, 0.4) is 0 Å². The number of halogens is 2. The number of nitrogens with one attached hydrogen (secondary N) is 1. The van der Waals surface area contributed by atoms with Gasteiger partial charge in [-0.05, 0) is 30.7 Å². The molecule has 2 aromatic carbocycles. The summed E-state index contributed by atoms with van der Waals surface area (Å²) in [7, 11) is -3.65. The van der Waals surface area contributed by atoms with Crippen LogP contribution in [0.5, 0.6) is 5.75 Å². The zero-order valence-electron chi connectivity index (χ0n) is 11.8. The smallest absolute Gasteiger partial charge is 0.240 e. The van der Waals surface area contributed by atoms with Crippen molar-refractivity contribution in [3.8, 4) is 5.75 Å². The Hall–Kier alpha value is -1.99. The van der Waals surface area contributed by atoms with Crippen LogP contribution in [-0.2, 0) is 10.0 Å². The van der Waals surface area contributed by atoms with E-state index in [1.807, 2.05) is 0 Å². The van der Waals surface area contributed by atoms with E-state index in [9.17, 15) is 17.2 Å². The fourth-order valence-corrected chi connectivity index (χ4v) is 3.12. The molecule has 0 atom stereocenters. The quantitative estimate of drug-likeness (QED) is 0.830. The lowest BCUT2D eigenvalue weighted by Gasteiger charge is -2.10. The van der Waals surface area contributed by atoms with E-state index in [4.69, 9.17) is 4.74 Å². The average Bonchev–Trinajstić information content (AvgIpc) is 2.45. The van der Waals surface area contributed by atoms with Crippen LogP contribution in [0, 0.1) is 18.6 Å². The summed E-state index contributed by atoms with van der Waals surface area (Å²) in [6.45, 7) is 1.58. The molecule has 118 valence electrons. The van der Waals surface area contributed by atoms with E-state index >= 15 is 0 Å². The largest absolute Gasteiger partial charge is 0.489 e. The van der Waals surface area contributed by atoms with Gasteiger partial charge in [-0.1, -0.05) is 18.2 Å². The van der Waals surface area contributed by atoms with Crippen LogP contribution in [0.25, 0.3) is 0 Å². The van der Waals surface area contributed by atoms with Crippen molar-refractivity contribution in [2.75, 3.05) is 13.2 Å². The molecule has 1 N–H and O–H groups in total. The van der Waals surface area contributed by atoms with E-state index in [1.54, 1.807) is 25.1 Å². The first-order valence-electron chi connectivity index (χ1n) is 6.53. The topological polar surface area (TPSA) is 55.4 Å². The van der Waals surface area contributed by atoms with Gasteiger partial charge in [-0.25, -0.2) is 21.9 Å². The van der Waals surface area contributed by atoms with Crippen molar-refractivity contribution in [2.24, 2.45) is 0 Å². The van der Waals surface area contributed by atoms with Crippen LogP contribution < -0.4 is 9.46 Å².